The Kier molecular flexibility index (Phi) is 3.07. The first-order valence-electron chi connectivity index (χ1n) is 6.88. The number of halogens is 2. The molecular weight excluding hydrogens is 260 g/mol. The van der Waals surface area contributed by atoms with Gasteiger partial charge in [0.15, 0.2) is 23.5 Å². The lowest BCUT2D eigenvalue weighted by Crippen LogP contribution is -2.17. The van der Waals surface area contributed by atoms with Crippen LogP contribution < -0.4 is 0 Å². The molecule has 1 aromatic carbocycles. The van der Waals surface area contributed by atoms with Crippen LogP contribution in [-0.2, 0) is 5.67 Å². The summed E-state index contributed by atoms with van der Waals surface area (Å²) < 4.78 is 30.0. The van der Waals surface area contributed by atoms with Crippen molar-refractivity contribution in [3.63, 3.8) is 0 Å². The van der Waals surface area contributed by atoms with Gasteiger partial charge in [0.05, 0.1) is 6.04 Å². The normalized spacial score (nSPS) is 24.4. The molecule has 0 spiro atoms. The molecular formula is C15H17F2N3. The highest BCUT2D eigenvalue weighted by atomic mass is 19.1. The molecule has 0 fully saturated rings. The minimum atomic E-state index is -1.61. The number of fused-ring (bicyclic) bond motifs is 1. The van der Waals surface area contributed by atoms with Crippen molar-refractivity contribution >= 4 is 0 Å². The number of aromatic nitrogens is 3. The zero-order chi connectivity index (χ0) is 14.3. The maximum absolute atomic E-state index is 14.3. The molecule has 0 aliphatic carbocycles. The van der Waals surface area contributed by atoms with Crippen molar-refractivity contribution in [2.75, 3.05) is 0 Å². The Labute approximate surface area is 116 Å². The maximum atomic E-state index is 14.3. The van der Waals surface area contributed by atoms with E-state index in [1.807, 2.05) is 30.3 Å². The second-order valence-corrected chi connectivity index (χ2v) is 5.42. The highest BCUT2D eigenvalue weighted by molar-refractivity contribution is 5.24. The van der Waals surface area contributed by atoms with Crippen LogP contribution in [0.1, 0.15) is 56.1 Å². The highest BCUT2D eigenvalue weighted by Gasteiger charge is 2.39. The monoisotopic (exact) mass is 277 g/mol. The molecule has 2 aromatic rings. The third-order valence-electron chi connectivity index (χ3n) is 3.98. The maximum Gasteiger partial charge on any atom is 0.188 e. The Morgan fingerprint density at radius 2 is 2.05 bits per heavy atom. The molecule has 1 unspecified atom stereocenters. The standard InChI is InChI=1S/C15H17F2N3/c1-3-15(2,17)14-18-13-11(16)9-12(20(13)19-14)10-7-5-4-6-8-10/h4-8,11-12H,3,9H2,1-2H3/t11-,12-,15?/m0/s1. The Morgan fingerprint density at radius 3 is 2.70 bits per heavy atom. The zero-order valence-electron chi connectivity index (χ0n) is 11.6. The molecule has 3 rings (SSSR count). The van der Waals surface area contributed by atoms with Crippen LogP contribution >= 0.6 is 0 Å². The summed E-state index contributed by atoms with van der Waals surface area (Å²) >= 11 is 0. The molecule has 1 aliphatic rings. The summed E-state index contributed by atoms with van der Waals surface area (Å²) in [5, 5.41) is 4.23. The molecule has 106 valence electrons. The molecule has 1 aromatic heterocycles. The number of benzene rings is 1. The Balaban J connectivity index is 2.02. The average molecular weight is 277 g/mol. The molecule has 2 heterocycles. The van der Waals surface area contributed by atoms with Crippen molar-refractivity contribution in [1.82, 2.24) is 14.8 Å². The number of nitrogens with zero attached hydrogens (tertiary/aromatic N) is 3. The van der Waals surface area contributed by atoms with Crippen molar-refractivity contribution < 1.29 is 8.78 Å². The van der Waals surface area contributed by atoms with Crippen LogP contribution in [0, 0.1) is 0 Å². The van der Waals surface area contributed by atoms with Crippen LogP contribution in [0.2, 0.25) is 0 Å². The highest BCUT2D eigenvalue weighted by Crippen LogP contribution is 2.40. The lowest BCUT2D eigenvalue weighted by Gasteiger charge is -2.15. The first kappa shape index (κ1) is 13.2. The van der Waals surface area contributed by atoms with Gasteiger partial charge in [-0.2, -0.15) is 5.10 Å². The summed E-state index contributed by atoms with van der Waals surface area (Å²) in [6.07, 6.45) is -0.604. The number of hydrogen-bond donors (Lipinski definition) is 0. The van der Waals surface area contributed by atoms with Gasteiger partial charge in [-0.25, -0.2) is 18.4 Å². The number of rotatable bonds is 3. The second kappa shape index (κ2) is 4.65. The van der Waals surface area contributed by atoms with Gasteiger partial charge in [-0.3, -0.25) is 0 Å². The van der Waals surface area contributed by atoms with Crippen LogP contribution in [0.4, 0.5) is 8.78 Å². The molecule has 3 nitrogen and oxygen atoms in total. The van der Waals surface area contributed by atoms with Crippen molar-refractivity contribution in [3.8, 4) is 0 Å². The molecule has 1 aliphatic heterocycles. The van der Waals surface area contributed by atoms with E-state index >= 15 is 0 Å². The molecule has 3 atom stereocenters. The van der Waals surface area contributed by atoms with Gasteiger partial charge in [-0.05, 0) is 18.9 Å². The van der Waals surface area contributed by atoms with Gasteiger partial charge in [0, 0.05) is 6.42 Å². The predicted octanol–water partition coefficient (Wildman–Crippen LogP) is 3.88. The molecule has 0 N–H and O–H groups in total. The van der Waals surface area contributed by atoms with Crippen molar-refractivity contribution in [2.45, 2.75) is 44.6 Å². The van der Waals surface area contributed by atoms with E-state index < -0.39 is 11.8 Å². The largest absolute Gasteiger partial charge is 0.239 e. The van der Waals surface area contributed by atoms with E-state index in [9.17, 15) is 8.78 Å². The summed E-state index contributed by atoms with van der Waals surface area (Å²) in [7, 11) is 0. The van der Waals surface area contributed by atoms with Crippen molar-refractivity contribution in [1.29, 1.82) is 0 Å². The lowest BCUT2D eigenvalue weighted by molar-refractivity contribution is 0.170. The summed E-state index contributed by atoms with van der Waals surface area (Å²) in [5.74, 6) is 0.324. The first-order valence-corrected chi connectivity index (χ1v) is 6.88. The Hall–Kier alpha value is -1.78. The number of alkyl halides is 2. The summed E-state index contributed by atoms with van der Waals surface area (Å²) in [4.78, 5) is 4.09. The zero-order valence-corrected chi connectivity index (χ0v) is 11.6. The van der Waals surface area contributed by atoms with Gasteiger partial charge in [0.25, 0.3) is 0 Å². The second-order valence-electron chi connectivity index (χ2n) is 5.42. The topological polar surface area (TPSA) is 30.7 Å². The summed E-state index contributed by atoms with van der Waals surface area (Å²) in [6.45, 7) is 3.16. The molecule has 20 heavy (non-hydrogen) atoms. The lowest BCUT2D eigenvalue weighted by atomic mass is 10.0. The van der Waals surface area contributed by atoms with E-state index in [2.05, 4.69) is 10.1 Å². The van der Waals surface area contributed by atoms with Crippen molar-refractivity contribution in [3.05, 3.63) is 47.5 Å². The molecule has 0 saturated carbocycles. The third kappa shape index (κ3) is 2.01. The van der Waals surface area contributed by atoms with E-state index in [1.54, 1.807) is 11.6 Å². The molecule has 0 radical (unpaired) electrons. The first-order chi connectivity index (χ1) is 9.53. The van der Waals surface area contributed by atoms with E-state index in [0.29, 0.717) is 6.42 Å². The van der Waals surface area contributed by atoms with Gasteiger partial charge < -0.3 is 0 Å². The smallest absolute Gasteiger partial charge is 0.188 e. The molecule has 5 heteroatoms. The van der Waals surface area contributed by atoms with E-state index in [4.69, 9.17) is 0 Å². The van der Waals surface area contributed by atoms with Crippen molar-refractivity contribution in [2.24, 2.45) is 0 Å². The SMILES string of the molecule is CCC(C)(F)c1nc2n(n1)[C@H](c1ccccc1)C[C@@H]2F. The average Bonchev–Trinajstić information content (AvgIpc) is 3.01. The number of hydrogen-bond acceptors (Lipinski definition) is 2. The molecule has 0 saturated heterocycles. The summed E-state index contributed by atoms with van der Waals surface area (Å²) in [6, 6.07) is 9.39. The van der Waals surface area contributed by atoms with Gasteiger partial charge in [-0.15, -0.1) is 0 Å². The minimum Gasteiger partial charge on any atom is -0.239 e. The fourth-order valence-corrected chi connectivity index (χ4v) is 2.51. The van der Waals surface area contributed by atoms with Crippen LogP contribution in [-0.4, -0.2) is 14.8 Å². The Bertz CT molecular complexity index is 607. The van der Waals surface area contributed by atoms with Gasteiger partial charge in [0.2, 0.25) is 0 Å². The van der Waals surface area contributed by atoms with Crippen LogP contribution in [0.25, 0.3) is 0 Å². The predicted molar refractivity (Wildman–Crippen MR) is 71.8 cm³/mol. The summed E-state index contributed by atoms with van der Waals surface area (Å²) in [5.41, 5.74) is -0.638. The van der Waals surface area contributed by atoms with Gasteiger partial charge in [-0.1, -0.05) is 37.3 Å². The van der Waals surface area contributed by atoms with Gasteiger partial charge >= 0.3 is 0 Å². The third-order valence-corrected chi connectivity index (χ3v) is 3.98. The van der Waals surface area contributed by atoms with E-state index in [-0.39, 0.29) is 24.1 Å². The van der Waals surface area contributed by atoms with Gasteiger partial charge in [0.1, 0.15) is 0 Å². The van der Waals surface area contributed by atoms with Crippen LogP contribution in [0.15, 0.2) is 30.3 Å². The quantitative estimate of drug-likeness (QED) is 0.852. The molecule has 0 amide bonds. The van der Waals surface area contributed by atoms with Crippen LogP contribution in [0.5, 0.6) is 0 Å². The van der Waals surface area contributed by atoms with Crippen LogP contribution in [0.3, 0.4) is 0 Å². The van der Waals surface area contributed by atoms with E-state index in [1.165, 1.54) is 6.92 Å². The van der Waals surface area contributed by atoms with E-state index in [0.717, 1.165) is 5.56 Å². The molecule has 0 bridgehead atoms. The Morgan fingerprint density at radius 1 is 1.35 bits per heavy atom. The minimum absolute atomic E-state index is 0.0817. The fourth-order valence-electron chi connectivity index (χ4n) is 2.51. The fraction of sp³-hybridized carbons (Fsp3) is 0.467.